The molecule has 1 aromatic carbocycles. The summed E-state index contributed by atoms with van der Waals surface area (Å²) in [6.45, 7) is 6.09. The minimum Gasteiger partial charge on any atom is -0.446 e. The molecule has 188 valence electrons. The zero-order valence-corrected chi connectivity index (χ0v) is 20.1. The molecule has 3 amide bonds. The van der Waals surface area contributed by atoms with E-state index in [1.54, 1.807) is 24.3 Å². The zero-order valence-electron chi connectivity index (χ0n) is 20.1. The Morgan fingerprint density at radius 2 is 1.89 bits per heavy atom. The second-order valence-electron chi connectivity index (χ2n) is 9.06. The molecule has 35 heavy (non-hydrogen) atoms. The number of nitrogens with zero attached hydrogens (tertiary/aromatic N) is 1. The van der Waals surface area contributed by atoms with Crippen LogP contribution in [-0.4, -0.2) is 53.5 Å². The van der Waals surface area contributed by atoms with Gasteiger partial charge in [0.15, 0.2) is 12.1 Å². The van der Waals surface area contributed by atoms with Crippen molar-refractivity contribution in [3.63, 3.8) is 0 Å². The Morgan fingerprint density at radius 3 is 2.60 bits per heavy atom. The summed E-state index contributed by atoms with van der Waals surface area (Å²) < 4.78 is 16.6. The highest BCUT2D eigenvalue weighted by Crippen LogP contribution is 2.36. The number of carbonyl (C=O) groups excluding carboxylic acids is 3. The van der Waals surface area contributed by atoms with Crippen molar-refractivity contribution in [3.8, 4) is 0 Å². The van der Waals surface area contributed by atoms with Gasteiger partial charge < -0.3 is 30.2 Å². The molecule has 0 spiro atoms. The number of H-pyrrole nitrogens is 1. The number of amides is 3. The van der Waals surface area contributed by atoms with Gasteiger partial charge in [-0.2, -0.15) is 5.10 Å². The van der Waals surface area contributed by atoms with Gasteiger partial charge in [-0.05, 0) is 45.2 Å². The van der Waals surface area contributed by atoms with Gasteiger partial charge in [-0.15, -0.1) is 0 Å². The Labute approximate surface area is 203 Å². The molecule has 2 aromatic rings. The van der Waals surface area contributed by atoms with Crippen LogP contribution in [0.4, 0.5) is 16.3 Å². The quantitative estimate of drug-likeness (QED) is 0.470. The van der Waals surface area contributed by atoms with Crippen LogP contribution in [0.5, 0.6) is 0 Å². The third-order valence-corrected chi connectivity index (χ3v) is 5.85. The minimum atomic E-state index is -0.585. The van der Waals surface area contributed by atoms with E-state index in [4.69, 9.17) is 14.2 Å². The number of aromatic nitrogens is 2. The molecule has 1 saturated heterocycles. The molecule has 1 aliphatic heterocycles. The van der Waals surface area contributed by atoms with Crippen LogP contribution in [0.1, 0.15) is 73.9 Å². The van der Waals surface area contributed by atoms with E-state index >= 15 is 0 Å². The molecular weight excluding hydrogens is 454 g/mol. The van der Waals surface area contributed by atoms with E-state index in [0.717, 1.165) is 18.5 Å². The van der Waals surface area contributed by atoms with Gasteiger partial charge in [0.2, 0.25) is 5.91 Å². The number of benzene rings is 1. The highest BCUT2D eigenvalue weighted by molar-refractivity contribution is 6.05. The molecule has 4 N–H and O–H groups in total. The Kier molecular flexibility index (Phi) is 7.67. The Morgan fingerprint density at radius 1 is 1.11 bits per heavy atom. The molecule has 11 heteroatoms. The third kappa shape index (κ3) is 6.37. The second-order valence-corrected chi connectivity index (χ2v) is 9.06. The summed E-state index contributed by atoms with van der Waals surface area (Å²) in [7, 11) is 0. The van der Waals surface area contributed by atoms with Gasteiger partial charge in [-0.25, -0.2) is 4.79 Å². The number of alkyl carbamates (subject to hydrolysis) is 1. The van der Waals surface area contributed by atoms with Crippen LogP contribution in [0.2, 0.25) is 0 Å². The Balaban J connectivity index is 1.38. The summed E-state index contributed by atoms with van der Waals surface area (Å²) in [5, 5.41) is 15.5. The average molecular weight is 486 g/mol. The van der Waals surface area contributed by atoms with Crippen molar-refractivity contribution in [3.05, 3.63) is 41.1 Å². The highest BCUT2D eigenvalue weighted by atomic mass is 16.7. The summed E-state index contributed by atoms with van der Waals surface area (Å²) >= 11 is 0. The number of nitrogens with one attached hydrogen (secondary N) is 4. The van der Waals surface area contributed by atoms with Crippen molar-refractivity contribution in [1.29, 1.82) is 0 Å². The SMILES string of the molecule is CC(=O)Nc1cc(C(=O)Nc2cc([C@H]3CC[C@@H](OC(=O)NC(C)C)C3)[nH]n2)ccc1C1OCCO1. The number of carbonyl (C=O) groups is 3. The summed E-state index contributed by atoms with van der Waals surface area (Å²) in [6, 6.07) is 6.76. The molecule has 11 nitrogen and oxygen atoms in total. The molecule has 4 rings (SSSR count). The summed E-state index contributed by atoms with van der Waals surface area (Å²) in [6.07, 6.45) is 1.16. The van der Waals surface area contributed by atoms with Crippen LogP contribution >= 0.6 is 0 Å². The van der Waals surface area contributed by atoms with Gasteiger partial charge in [0.1, 0.15) is 6.10 Å². The molecule has 1 aromatic heterocycles. The lowest BCUT2D eigenvalue weighted by atomic mass is 10.0. The fourth-order valence-corrected chi connectivity index (χ4v) is 4.29. The largest absolute Gasteiger partial charge is 0.446 e. The van der Waals surface area contributed by atoms with Crippen molar-refractivity contribution in [2.45, 2.75) is 64.4 Å². The number of hydrogen-bond donors (Lipinski definition) is 4. The average Bonchev–Trinajstić information content (AvgIpc) is 3.55. The van der Waals surface area contributed by atoms with E-state index in [1.165, 1.54) is 6.92 Å². The first-order valence-electron chi connectivity index (χ1n) is 11.8. The molecule has 2 fully saturated rings. The van der Waals surface area contributed by atoms with Gasteiger partial charge in [-0.1, -0.05) is 6.07 Å². The van der Waals surface area contributed by atoms with Crippen molar-refractivity contribution in [2.75, 3.05) is 23.8 Å². The molecule has 2 heterocycles. The smallest absolute Gasteiger partial charge is 0.407 e. The van der Waals surface area contributed by atoms with Crippen molar-refractivity contribution in [2.24, 2.45) is 0 Å². The first kappa shape index (κ1) is 24.7. The molecule has 0 unspecified atom stereocenters. The van der Waals surface area contributed by atoms with Crippen molar-refractivity contribution in [1.82, 2.24) is 15.5 Å². The fourth-order valence-electron chi connectivity index (χ4n) is 4.29. The summed E-state index contributed by atoms with van der Waals surface area (Å²) in [5.74, 6) is -0.0895. The maximum Gasteiger partial charge on any atom is 0.407 e. The highest BCUT2D eigenvalue weighted by Gasteiger charge is 2.30. The van der Waals surface area contributed by atoms with Gasteiger partial charge in [0.05, 0.1) is 13.2 Å². The molecule has 1 saturated carbocycles. The lowest BCUT2D eigenvalue weighted by Crippen LogP contribution is -2.33. The molecular formula is C24H31N5O6. The lowest BCUT2D eigenvalue weighted by molar-refractivity contribution is -0.114. The normalized spacial score (nSPS) is 20.1. The Hall–Kier alpha value is -3.44. The van der Waals surface area contributed by atoms with Gasteiger partial charge in [0.25, 0.3) is 5.91 Å². The monoisotopic (exact) mass is 485 g/mol. The minimum absolute atomic E-state index is 0.0216. The lowest BCUT2D eigenvalue weighted by Gasteiger charge is -2.16. The van der Waals surface area contributed by atoms with E-state index < -0.39 is 12.4 Å². The maximum atomic E-state index is 12.9. The van der Waals surface area contributed by atoms with E-state index in [2.05, 4.69) is 26.1 Å². The van der Waals surface area contributed by atoms with E-state index in [0.29, 0.717) is 42.3 Å². The van der Waals surface area contributed by atoms with Crippen LogP contribution in [0.25, 0.3) is 0 Å². The van der Waals surface area contributed by atoms with Crippen LogP contribution in [0, 0.1) is 0 Å². The fraction of sp³-hybridized carbons (Fsp3) is 0.500. The summed E-state index contributed by atoms with van der Waals surface area (Å²) in [5.41, 5.74) is 2.33. The zero-order chi connectivity index (χ0) is 24.9. The maximum absolute atomic E-state index is 12.9. The molecule has 1 aliphatic carbocycles. The number of rotatable bonds is 7. The first-order valence-corrected chi connectivity index (χ1v) is 11.8. The number of anilines is 2. The van der Waals surface area contributed by atoms with E-state index in [9.17, 15) is 14.4 Å². The molecule has 0 radical (unpaired) electrons. The topological polar surface area (TPSA) is 144 Å². The number of aromatic amines is 1. The molecule has 0 bridgehead atoms. The van der Waals surface area contributed by atoms with Crippen LogP contribution < -0.4 is 16.0 Å². The van der Waals surface area contributed by atoms with Crippen LogP contribution in [-0.2, 0) is 19.0 Å². The number of ether oxygens (including phenoxy) is 3. The van der Waals surface area contributed by atoms with E-state index in [1.807, 2.05) is 13.8 Å². The van der Waals surface area contributed by atoms with Gasteiger partial charge >= 0.3 is 6.09 Å². The van der Waals surface area contributed by atoms with Crippen LogP contribution in [0.15, 0.2) is 24.3 Å². The first-order chi connectivity index (χ1) is 16.8. The Bertz CT molecular complexity index is 1080. The predicted molar refractivity (Wildman–Crippen MR) is 127 cm³/mol. The molecule has 2 aliphatic rings. The van der Waals surface area contributed by atoms with Crippen molar-refractivity contribution >= 4 is 29.4 Å². The standard InChI is InChI=1S/C24H31N5O6/c1-13(2)25-24(32)35-17-6-4-15(10-17)19-12-21(29-28-19)27-22(31)16-5-7-18(23-33-8-9-34-23)20(11-16)26-14(3)30/h5,7,11-13,15,17,23H,4,6,8-10H2,1-3H3,(H,25,32)(H,26,30)(H2,27,28,29,31)/t15-,17+/m0/s1. The van der Waals surface area contributed by atoms with Gasteiger partial charge in [0, 0.05) is 47.5 Å². The van der Waals surface area contributed by atoms with E-state index in [-0.39, 0.29) is 29.9 Å². The van der Waals surface area contributed by atoms with Gasteiger partial charge in [-0.3, -0.25) is 14.7 Å². The number of hydrogen-bond acceptors (Lipinski definition) is 7. The second kappa shape index (κ2) is 10.9. The predicted octanol–water partition coefficient (Wildman–Crippen LogP) is 3.44. The third-order valence-electron chi connectivity index (χ3n) is 5.85. The van der Waals surface area contributed by atoms with Crippen LogP contribution in [0.3, 0.4) is 0 Å². The molecule has 2 atom stereocenters. The van der Waals surface area contributed by atoms with Crippen molar-refractivity contribution < 1.29 is 28.6 Å². The summed E-state index contributed by atoms with van der Waals surface area (Å²) in [4.78, 5) is 36.4.